The first kappa shape index (κ1) is 15.6. The molecular formula is C16H19N5OS. The molecule has 0 bridgehead atoms. The molecule has 0 aliphatic heterocycles. The van der Waals surface area contributed by atoms with Crippen LogP contribution >= 0.6 is 11.3 Å². The first-order valence-corrected chi connectivity index (χ1v) is 8.37. The van der Waals surface area contributed by atoms with E-state index in [1.165, 1.54) is 11.3 Å². The van der Waals surface area contributed by atoms with E-state index >= 15 is 0 Å². The minimum atomic E-state index is -0.514. The number of amides is 1. The van der Waals surface area contributed by atoms with Gasteiger partial charge >= 0.3 is 0 Å². The number of anilines is 1. The van der Waals surface area contributed by atoms with E-state index in [2.05, 4.69) is 20.3 Å². The molecule has 0 aliphatic rings. The first-order valence-electron chi connectivity index (χ1n) is 7.49. The Balaban J connectivity index is 1.77. The number of rotatable bonds is 5. The molecule has 0 aliphatic carbocycles. The third-order valence-corrected chi connectivity index (χ3v) is 4.28. The maximum absolute atomic E-state index is 12.1. The Hall–Kier alpha value is -2.25. The molecule has 1 atom stereocenters. The van der Waals surface area contributed by atoms with Gasteiger partial charge in [0, 0.05) is 28.7 Å². The van der Waals surface area contributed by atoms with Gasteiger partial charge in [0.2, 0.25) is 5.91 Å². The molecule has 0 unspecified atom stereocenters. The standard InChI is InChI=1S/C16H19N5OS/c1-9(2)6-12(17)15(22)21-16-20-13(8-23-16)11-7-19-14-10(11)4-3-5-18-14/h3-5,7-9,12H,6,17H2,1-2H3,(H,18,19)(H,20,21,22)/t12-/m0/s1. The fraction of sp³-hybridized carbons (Fsp3) is 0.312. The van der Waals surface area contributed by atoms with Gasteiger partial charge in [0.05, 0.1) is 11.7 Å². The molecule has 120 valence electrons. The zero-order chi connectivity index (χ0) is 16.4. The Kier molecular flexibility index (Phi) is 4.40. The summed E-state index contributed by atoms with van der Waals surface area (Å²) in [6, 6.07) is 3.36. The van der Waals surface area contributed by atoms with Crippen molar-refractivity contribution in [1.82, 2.24) is 15.0 Å². The molecule has 1 amide bonds. The summed E-state index contributed by atoms with van der Waals surface area (Å²) in [5.74, 6) is 0.182. The van der Waals surface area contributed by atoms with Crippen molar-refractivity contribution in [2.75, 3.05) is 5.32 Å². The maximum Gasteiger partial charge on any atom is 0.243 e. The van der Waals surface area contributed by atoms with E-state index < -0.39 is 6.04 Å². The third kappa shape index (κ3) is 3.40. The van der Waals surface area contributed by atoms with Crippen molar-refractivity contribution in [3.8, 4) is 11.3 Å². The van der Waals surface area contributed by atoms with Gasteiger partial charge in [-0.2, -0.15) is 0 Å². The number of carbonyl (C=O) groups is 1. The predicted molar refractivity (Wildman–Crippen MR) is 93.3 cm³/mol. The minimum Gasteiger partial charge on any atom is -0.345 e. The lowest BCUT2D eigenvalue weighted by Crippen LogP contribution is -2.36. The number of H-pyrrole nitrogens is 1. The van der Waals surface area contributed by atoms with Crippen LogP contribution < -0.4 is 11.1 Å². The Bertz CT molecular complexity index is 823. The number of carbonyl (C=O) groups excluding carboxylic acids is 1. The lowest BCUT2D eigenvalue weighted by Gasteiger charge is -2.12. The molecule has 0 spiro atoms. The Morgan fingerprint density at radius 1 is 1.48 bits per heavy atom. The van der Waals surface area contributed by atoms with Gasteiger partial charge in [0.1, 0.15) is 5.65 Å². The second-order valence-electron chi connectivity index (χ2n) is 5.87. The van der Waals surface area contributed by atoms with Crippen molar-refractivity contribution in [1.29, 1.82) is 0 Å². The zero-order valence-electron chi connectivity index (χ0n) is 13.0. The summed E-state index contributed by atoms with van der Waals surface area (Å²) in [5.41, 5.74) is 8.49. The number of aromatic amines is 1. The molecule has 0 aromatic carbocycles. The molecule has 3 heterocycles. The van der Waals surface area contributed by atoms with E-state index in [1.807, 2.05) is 37.6 Å². The largest absolute Gasteiger partial charge is 0.345 e. The van der Waals surface area contributed by atoms with Crippen LogP contribution in [0.25, 0.3) is 22.3 Å². The van der Waals surface area contributed by atoms with Gasteiger partial charge in [-0.25, -0.2) is 9.97 Å². The van der Waals surface area contributed by atoms with Crippen LogP contribution in [0.15, 0.2) is 29.9 Å². The van der Waals surface area contributed by atoms with Crippen molar-refractivity contribution < 1.29 is 4.79 Å². The fourth-order valence-electron chi connectivity index (χ4n) is 2.44. The summed E-state index contributed by atoms with van der Waals surface area (Å²) >= 11 is 1.39. The number of hydrogen-bond acceptors (Lipinski definition) is 5. The number of pyridine rings is 1. The van der Waals surface area contributed by atoms with Crippen LogP contribution in [0.5, 0.6) is 0 Å². The van der Waals surface area contributed by atoms with Gasteiger partial charge < -0.3 is 16.0 Å². The van der Waals surface area contributed by atoms with E-state index in [9.17, 15) is 4.79 Å². The van der Waals surface area contributed by atoms with Gasteiger partial charge in [0.15, 0.2) is 5.13 Å². The molecule has 23 heavy (non-hydrogen) atoms. The molecule has 3 rings (SSSR count). The molecule has 4 N–H and O–H groups in total. The minimum absolute atomic E-state index is 0.194. The van der Waals surface area contributed by atoms with Gasteiger partial charge in [-0.3, -0.25) is 4.79 Å². The Morgan fingerprint density at radius 2 is 2.30 bits per heavy atom. The number of nitrogens with two attached hydrogens (primary N) is 1. The fourth-order valence-corrected chi connectivity index (χ4v) is 3.15. The summed E-state index contributed by atoms with van der Waals surface area (Å²) in [5, 5.41) is 6.28. The van der Waals surface area contributed by atoms with Gasteiger partial charge in [-0.1, -0.05) is 13.8 Å². The molecule has 3 aromatic rings. The topological polar surface area (TPSA) is 96.7 Å². The van der Waals surface area contributed by atoms with Crippen molar-refractivity contribution in [2.24, 2.45) is 11.7 Å². The molecule has 6 nitrogen and oxygen atoms in total. The van der Waals surface area contributed by atoms with E-state index in [1.54, 1.807) is 6.20 Å². The quantitative estimate of drug-likeness (QED) is 0.670. The van der Waals surface area contributed by atoms with E-state index in [4.69, 9.17) is 5.73 Å². The number of fused-ring (bicyclic) bond motifs is 1. The highest BCUT2D eigenvalue weighted by Crippen LogP contribution is 2.30. The van der Waals surface area contributed by atoms with Crippen LogP contribution in [-0.4, -0.2) is 26.9 Å². The van der Waals surface area contributed by atoms with Crippen LogP contribution in [-0.2, 0) is 4.79 Å². The second-order valence-corrected chi connectivity index (χ2v) is 6.72. The predicted octanol–water partition coefficient (Wildman–Crippen LogP) is 3.00. The molecular weight excluding hydrogens is 310 g/mol. The smallest absolute Gasteiger partial charge is 0.243 e. The molecule has 0 radical (unpaired) electrons. The van der Waals surface area contributed by atoms with Crippen LogP contribution in [0.3, 0.4) is 0 Å². The summed E-state index contributed by atoms with van der Waals surface area (Å²) in [7, 11) is 0. The van der Waals surface area contributed by atoms with Crippen LogP contribution in [0.4, 0.5) is 5.13 Å². The van der Waals surface area contributed by atoms with Gasteiger partial charge in [-0.05, 0) is 24.5 Å². The van der Waals surface area contributed by atoms with Crippen LogP contribution in [0.1, 0.15) is 20.3 Å². The van der Waals surface area contributed by atoms with Crippen LogP contribution in [0.2, 0.25) is 0 Å². The number of nitrogens with one attached hydrogen (secondary N) is 2. The lowest BCUT2D eigenvalue weighted by molar-refractivity contribution is -0.117. The van der Waals surface area contributed by atoms with Crippen molar-refractivity contribution in [3.63, 3.8) is 0 Å². The number of aromatic nitrogens is 3. The number of hydrogen-bond donors (Lipinski definition) is 3. The highest BCUT2D eigenvalue weighted by Gasteiger charge is 2.17. The average Bonchev–Trinajstić information content (AvgIpc) is 3.12. The van der Waals surface area contributed by atoms with Gasteiger partial charge in [0.25, 0.3) is 0 Å². The summed E-state index contributed by atoms with van der Waals surface area (Å²) in [4.78, 5) is 23.9. The SMILES string of the molecule is CC(C)C[C@H](N)C(=O)Nc1nc(-c2c[nH]c3ncccc23)cs1. The average molecular weight is 329 g/mol. The summed E-state index contributed by atoms with van der Waals surface area (Å²) in [6.07, 6.45) is 4.27. The monoisotopic (exact) mass is 329 g/mol. The number of nitrogens with zero attached hydrogens (tertiary/aromatic N) is 2. The molecule has 0 saturated carbocycles. The Morgan fingerprint density at radius 3 is 3.09 bits per heavy atom. The first-order chi connectivity index (χ1) is 11.0. The van der Waals surface area contributed by atoms with E-state index in [-0.39, 0.29) is 5.91 Å². The van der Waals surface area contributed by atoms with Crippen LogP contribution in [0, 0.1) is 5.92 Å². The second kappa shape index (κ2) is 6.47. The van der Waals surface area contributed by atoms with Gasteiger partial charge in [-0.15, -0.1) is 11.3 Å². The third-order valence-electron chi connectivity index (χ3n) is 3.52. The molecule has 0 saturated heterocycles. The summed E-state index contributed by atoms with van der Waals surface area (Å²) in [6.45, 7) is 4.08. The molecule has 7 heteroatoms. The van der Waals surface area contributed by atoms with E-state index in [0.717, 1.165) is 22.3 Å². The van der Waals surface area contributed by atoms with Crippen molar-refractivity contribution in [2.45, 2.75) is 26.3 Å². The Labute approximate surface area is 138 Å². The van der Waals surface area contributed by atoms with E-state index in [0.29, 0.717) is 17.5 Å². The maximum atomic E-state index is 12.1. The molecule has 0 fully saturated rings. The highest BCUT2D eigenvalue weighted by atomic mass is 32.1. The summed E-state index contributed by atoms with van der Waals surface area (Å²) < 4.78 is 0. The molecule has 3 aromatic heterocycles. The van der Waals surface area contributed by atoms with Crippen molar-refractivity contribution >= 4 is 33.4 Å². The van der Waals surface area contributed by atoms with Crippen molar-refractivity contribution in [3.05, 3.63) is 29.9 Å². The number of thiazole rings is 1. The highest BCUT2D eigenvalue weighted by molar-refractivity contribution is 7.14. The zero-order valence-corrected chi connectivity index (χ0v) is 13.9. The lowest BCUT2D eigenvalue weighted by atomic mass is 10.0. The normalized spacial score (nSPS) is 12.7.